The van der Waals surface area contributed by atoms with Crippen LogP contribution < -0.4 is 10.1 Å². The lowest BCUT2D eigenvalue weighted by Gasteiger charge is -2.16. The van der Waals surface area contributed by atoms with Crippen LogP contribution in [-0.4, -0.2) is 25.8 Å². The smallest absolute Gasteiger partial charge is 0.412 e. The summed E-state index contributed by atoms with van der Waals surface area (Å²) < 4.78 is 58.2. The maximum atomic E-state index is 14.4. The fraction of sp³-hybridized carbons (Fsp3) is 0.250. The lowest BCUT2D eigenvalue weighted by Crippen LogP contribution is -2.23. The first-order valence-electron chi connectivity index (χ1n) is 13.3. The Balaban J connectivity index is 1.35. The van der Waals surface area contributed by atoms with Crippen LogP contribution >= 0.6 is 11.3 Å². The third-order valence-electron chi connectivity index (χ3n) is 7.25. The Morgan fingerprint density at radius 3 is 2.36 bits per heavy atom. The number of halogens is 3. The molecular formula is C32H28F3NO5S. The molecule has 6 nitrogen and oxygen atoms in total. The summed E-state index contributed by atoms with van der Waals surface area (Å²) in [6.45, 7) is 3.53. The summed E-state index contributed by atoms with van der Waals surface area (Å²) in [5, 5.41) is 1.96. The summed E-state index contributed by atoms with van der Waals surface area (Å²) in [5.74, 6) is -1.07. The second-order valence-corrected chi connectivity index (χ2v) is 10.9. The van der Waals surface area contributed by atoms with Crippen LogP contribution in [-0.2, 0) is 19.7 Å². The normalized spacial score (nSPS) is 14.1. The van der Waals surface area contributed by atoms with E-state index in [1.807, 2.05) is 30.3 Å². The lowest BCUT2D eigenvalue weighted by molar-refractivity contribution is -0.146. The number of anilines is 1. The minimum Gasteiger partial charge on any atom is -0.496 e. The van der Waals surface area contributed by atoms with Gasteiger partial charge in [-0.3, -0.25) is 10.1 Å². The molecule has 1 fully saturated rings. The van der Waals surface area contributed by atoms with Crippen molar-refractivity contribution in [1.29, 1.82) is 0 Å². The molecule has 0 radical (unpaired) electrons. The van der Waals surface area contributed by atoms with Gasteiger partial charge in [-0.2, -0.15) is 4.39 Å². The molecule has 1 saturated carbocycles. The molecule has 42 heavy (non-hydrogen) atoms. The SMILES string of the molecule is CCOC(=O)C1(c2ccc(-c3ccc(-c4sc(F)cc4NC(=O)OC(C)c4cc(F)ccc4F)cc3OC)cc2)CC1. The van der Waals surface area contributed by atoms with Crippen molar-refractivity contribution in [3.05, 3.63) is 94.6 Å². The van der Waals surface area contributed by atoms with Crippen molar-refractivity contribution in [2.24, 2.45) is 0 Å². The van der Waals surface area contributed by atoms with E-state index in [2.05, 4.69) is 5.32 Å². The van der Waals surface area contributed by atoms with Gasteiger partial charge in [0.05, 0.1) is 29.7 Å². The van der Waals surface area contributed by atoms with Gasteiger partial charge in [-0.1, -0.05) is 36.4 Å². The second kappa shape index (κ2) is 11.9. The van der Waals surface area contributed by atoms with Gasteiger partial charge in [0.1, 0.15) is 23.5 Å². The molecule has 4 aromatic rings. The number of esters is 1. The number of thiophene rings is 1. The second-order valence-electron chi connectivity index (χ2n) is 9.93. The minimum absolute atomic E-state index is 0.122. The zero-order valence-corrected chi connectivity index (χ0v) is 23.9. The maximum absolute atomic E-state index is 14.4. The number of hydrogen-bond acceptors (Lipinski definition) is 6. The third-order valence-corrected chi connectivity index (χ3v) is 8.22. The van der Waals surface area contributed by atoms with Gasteiger partial charge >= 0.3 is 12.1 Å². The van der Waals surface area contributed by atoms with Crippen molar-refractivity contribution in [3.8, 4) is 27.3 Å². The third kappa shape index (κ3) is 5.85. The molecule has 0 bridgehead atoms. The van der Waals surface area contributed by atoms with Crippen LogP contribution in [0, 0.1) is 16.8 Å². The fourth-order valence-corrected chi connectivity index (χ4v) is 5.74. The topological polar surface area (TPSA) is 73.9 Å². The Morgan fingerprint density at radius 1 is 0.976 bits per heavy atom. The first-order chi connectivity index (χ1) is 20.1. The molecule has 1 N–H and O–H groups in total. The monoisotopic (exact) mass is 595 g/mol. The molecule has 10 heteroatoms. The number of ether oxygens (including phenoxy) is 3. The summed E-state index contributed by atoms with van der Waals surface area (Å²) in [6.07, 6.45) is -0.536. The largest absolute Gasteiger partial charge is 0.496 e. The fourth-order valence-electron chi connectivity index (χ4n) is 4.90. The number of benzene rings is 3. The molecule has 218 valence electrons. The Labute approximate surface area is 245 Å². The number of methoxy groups -OCH3 is 1. The van der Waals surface area contributed by atoms with Crippen molar-refractivity contribution in [2.45, 2.75) is 38.2 Å². The van der Waals surface area contributed by atoms with Crippen LogP contribution in [0.4, 0.5) is 23.7 Å². The molecular weight excluding hydrogens is 567 g/mol. The molecule has 1 aliphatic rings. The number of rotatable bonds is 9. The highest BCUT2D eigenvalue weighted by molar-refractivity contribution is 7.14. The van der Waals surface area contributed by atoms with Gasteiger partial charge < -0.3 is 14.2 Å². The van der Waals surface area contributed by atoms with Gasteiger partial charge in [-0.05, 0) is 67.6 Å². The van der Waals surface area contributed by atoms with Crippen LogP contribution in [0.5, 0.6) is 5.75 Å². The van der Waals surface area contributed by atoms with E-state index < -0.39 is 34.4 Å². The average molecular weight is 596 g/mol. The van der Waals surface area contributed by atoms with Crippen LogP contribution in [0.15, 0.2) is 66.7 Å². The molecule has 1 heterocycles. The Morgan fingerprint density at radius 2 is 1.69 bits per heavy atom. The van der Waals surface area contributed by atoms with Gasteiger partial charge in [0.25, 0.3) is 0 Å². The zero-order valence-electron chi connectivity index (χ0n) is 23.1. The highest BCUT2D eigenvalue weighted by atomic mass is 32.1. The van der Waals surface area contributed by atoms with Crippen molar-refractivity contribution in [1.82, 2.24) is 0 Å². The van der Waals surface area contributed by atoms with Crippen molar-refractivity contribution in [2.75, 3.05) is 19.0 Å². The summed E-state index contributed by atoms with van der Waals surface area (Å²) >= 11 is 0.822. The summed E-state index contributed by atoms with van der Waals surface area (Å²) in [6, 6.07) is 17.1. The quantitative estimate of drug-likeness (QED) is 0.197. The molecule has 1 amide bonds. The standard InChI is InChI=1S/C32H28F3NO5S/c1-4-40-30(37)32(13-14-32)21-8-5-19(6-9-21)23-11-7-20(15-27(23)39-3)29-26(17-28(35)42-29)36-31(38)41-18(2)24-16-22(33)10-12-25(24)34/h5-12,15-18H,4,13-14H2,1-3H3,(H,36,38). The Kier molecular flexibility index (Phi) is 8.27. The molecule has 1 aliphatic carbocycles. The van der Waals surface area contributed by atoms with Crippen LogP contribution in [0.1, 0.15) is 43.9 Å². The van der Waals surface area contributed by atoms with E-state index in [0.717, 1.165) is 65.1 Å². The highest BCUT2D eigenvalue weighted by Crippen LogP contribution is 2.50. The predicted octanol–water partition coefficient (Wildman–Crippen LogP) is 8.41. The van der Waals surface area contributed by atoms with Gasteiger partial charge in [0, 0.05) is 17.2 Å². The zero-order chi connectivity index (χ0) is 30.0. The first kappa shape index (κ1) is 29.2. The van der Waals surface area contributed by atoms with E-state index in [-0.39, 0.29) is 17.2 Å². The van der Waals surface area contributed by atoms with Gasteiger partial charge in [0.2, 0.25) is 0 Å². The molecule has 0 saturated heterocycles. The van der Waals surface area contributed by atoms with Crippen molar-refractivity contribution < 1.29 is 37.0 Å². The minimum atomic E-state index is -1.09. The molecule has 1 atom stereocenters. The molecule has 1 aromatic heterocycles. The highest BCUT2D eigenvalue weighted by Gasteiger charge is 2.52. The maximum Gasteiger partial charge on any atom is 0.412 e. The number of hydrogen-bond donors (Lipinski definition) is 1. The van der Waals surface area contributed by atoms with E-state index in [0.29, 0.717) is 22.8 Å². The summed E-state index contributed by atoms with van der Waals surface area (Å²) in [5.41, 5.74) is 2.60. The molecule has 5 rings (SSSR count). The Hall–Kier alpha value is -4.31. The molecule has 0 aliphatic heterocycles. The number of nitrogens with one attached hydrogen (secondary N) is 1. The van der Waals surface area contributed by atoms with E-state index in [4.69, 9.17) is 14.2 Å². The molecule has 0 spiro atoms. The molecule has 3 aromatic carbocycles. The molecule has 1 unspecified atom stereocenters. The average Bonchev–Trinajstić information content (AvgIpc) is 3.71. The van der Waals surface area contributed by atoms with Gasteiger partial charge in [0.15, 0.2) is 5.13 Å². The first-order valence-corrected chi connectivity index (χ1v) is 14.1. The number of carbonyl (C=O) groups is 2. The van der Waals surface area contributed by atoms with Crippen LogP contribution in [0.25, 0.3) is 21.6 Å². The Bertz CT molecular complexity index is 1630. The van der Waals surface area contributed by atoms with Crippen LogP contribution in [0.3, 0.4) is 0 Å². The summed E-state index contributed by atoms with van der Waals surface area (Å²) in [4.78, 5) is 25.5. The number of carbonyl (C=O) groups excluding carboxylic acids is 2. The van der Waals surface area contributed by atoms with Crippen molar-refractivity contribution in [3.63, 3.8) is 0 Å². The van der Waals surface area contributed by atoms with E-state index >= 15 is 0 Å². The van der Waals surface area contributed by atoms with E-state index in [1.54, 1.807) is 19.1 Å². The van der Waals surface area contributed by atoms with E-state index in [1.165, 1.54) is 14.0 Å². The lowest BCUT2D eigenvalue weighted by atomic mass is 9.93. The van der Waals surface area contributed by atoms with Crippen LogP contribution in [0.2, 0.25) is 0 Å². The van der Waals surface area contributed by atoms with Gasteiger partial charge in [-0.15, -0.1) is 11.3 Å². The van der Waals surface area contributed by atoms with E-state index in [9.17, 15) is 22.8 Å². The predicted molar refractivity (Wildman–Crippen MR) is 154 cm³/mol. The summed E-state index contributed by atoms with van der Waals surface area (Å²) in [7, 11) is 1.52. The number of amides is 1. The van der Waals surface area contributed by atoms with Gasteiger partial charge in [-0.25, -0.2) is 13.6 Å². The van der Waals surface area contributed by atoms with Crippen molar-refractivity contribution >= 4 is 29.1 Å².